The van der Waals surface area contributed by atoms with Crippen molar-refractivity contribution >= 4 is 17.4 Å². The van der Waals surface area contributed by atoms with Crippen molar-refractivity contribution in [3.63, 3.8) is 0 Å². The fourth-order valence-corrected chi connectivity index (χ4v) is 2.39. The second-order valence-electron chi connectivity index (χ2n) is 4.55. The molecule has 94 valence electrons. The summed E-state index contributed by atoms with van der Waals surface area (Å²) in [6.07, 6.45) is 3.86. The molecule has 1 atom stereocenters. The first kappa shape index (κ1) is 12.6. The number of hydrogen-bond acceptors (Lipinski definition) is 3. The maximum absolute atomic E-state index is 13.7. The first-order valence-corrected chi connectivity index (χ1v) is 6.27. The maximum Gasteiger partial charge on any atom is 0.167 e. The third-order valence-corrected chi connectivity index (χ3v) is 3.29. The van der Waals surface area contributed by atoms with Crippen LogP contribution in [0.4, 0.5) is 10.2 Å². The molecule has 3 nitrogen and oxygen atoms in total. The van der Waals surface area contributed by atoms with Crippen molar-refractivity contribution in [3.8, 4) is 0 Å². The molecule has 1 saturated heterocycles. The Hall–Kier alpha value is -0.870. The standard InChI is InChI=1S/C12H17ClFN3/c1-17(8-9-3-2-4-15-6-9)12-11(14)5-10(13)7-16-12/h5,7,9,15H,2-4,6,8H2,1H3. The van der Waals surface area contributed by atoms with Crippen LogP contribution in [0.5, 0.6) is 0 Å². The molecular weight excluding hydrogens is 241 g/mol. The zero-order valence-electron chi connectivity index (χ0n) is 9.92. The normalized spacial score (nSPS) is 20.3. The number of nitrogens with one attached hydrogen (secondary N) is 1. The highest BCUT2D eigenvalue weighted by Crippen LogP contribution is 2.20. The lowest BCUT2D eigenvalue weighted by atomic mass is 9.99. The zero-order valence-corrected chi connectivity index (χ0v) is 10.7. The molecule has 0 aliphatic carbocycles. The van der Waals surface area contributed by atoms with Crippen LogP contribution in [0, 0.1) is 11.7 Å². The largest absolute Gasteiger partial charge is 0.357 e. The van der Waals surface area contributed by atoms with Gasteiger partial charge < -0.3 is 10.2 Å². The van der Waals surface area contributed by atoms with Crippen molar-refractivity contribution in [1.82, 2.24) is 10.3 Å². The van der Waals surface area contributed by atoms with E-state index in [4.69, 9.17) is 11.6 Å². The average Bonchev–Trinajstić information content (AvgIpc) is 2.30. The molecule has 1 fully saturated rings. The molecule has 1 N–H and O–H groups in total. The van der Waals surface area contributed by atoms with E-state index in [9.17, 15) is 4.39 Å². The number of aromatic nitrogens is 1. The van der Waals surface area contributed by atoms with Gasteiger partial charge in [-0.25, -0.2) is 9.37 Å². The summed E-state index contributed by atoms with van der Waals surface area (Å²) in [5.41, 5.74) is 0. The van der Waals surface area contributed by atoms with Gasteiger partial charge in [-0.2, -0.15) is 0 Å². The van der Waals surface area contributed by atoms with Crippen LogP contribution in [0.2, 0.25) is 5.02 Å². The van der Waals surface area contributed by atoms with E-state index in [1.165, 1.54) is 25.1 Å². The van der Waals surface area contributed by atoms with E-state index in [0.29, 0.717) is 16.8 Å². The van der Waals surface area contributed by atoms with Gasteiger partial charge in [0.2, 0.25) is 0 Å². The second kappa shape index (κ2) is 5.65. The van der Waals surface area contributed by atoms with Gasteiger partial charge in [-0.05, 0) is 37.9 Å². The molecule has 2 heterocycles. The van der Waals surface area contributed by atoms with Gasteiger partial charge in [0.25, 0.3) is 0 Å². The van der Waals surface area contributed by atoms with Crippen molar-refractivity contribution in [3.05, 3.63) is 23.1 Å². The Balaban J connectivity index is 2.00. The van der Waals surface area contributed by atoms with E-state index in [-0.39, 0.29) is 5.82 Å². The van der Waals surface area contributed by atoms with E-state index in [1.807, 2.05) is 11.9 Å². The van der Waals surface area contributed by atoms with E-state index >= 15 is 0 Å². The summed E-state index contributed by atoms with van der Waals surface area (Å²) in [5, 5.41) is 3.69. The predicted molar refractivity (Wildman–Crippen MR) is 68.1 cm³/mol. The molecule has 0 radical (unpaired) electrons. The van der Waals surface area contributed by atoms with E-state index in [0.717, 1.165) is 19.6 Å². The summed E-state index contributed by atoms with van der Waals surface area (Å²) in [6, 6.07) is 1.31. The third kappa shape index (κ3) is 3.30. The molecule has 17 heavy (non-hydrogen) atoms. The summed E-state index contributed by atoms with van der Waals surface area (Å²) < 4.78 is 13.7. The minimum absolute atomic E-state index is 0.332. The fraction of sp³-hybridized carbons (Fsp3) is 0.583. The summed E-state index contributed by atoms with van der Waals surface area (Å²) in [7, 11) is 1.87. The smallest absolute Gasteiger partial charge is 0.167 e. The molecule has 0 aromatic carbocycles. The van der Waals surface area contributed by atoms with Crippen LogP contribution in [0.15, 0.2) is 12.3 Å². The van der Waals surface area contributed by atoms with Gasteiger partial charge in [0, 0.05) is 19.8 Å². The number of anilines is 1. The summed E-state index contributed by atoms with van der Waals surface area (Å²) in [5.74, 6) is 0.578. The number of pyridine rings is 1. The number of rotatable bonds is 3. The van der Waals surface area contributed by atoms with Gasteiger partial charge in [-0.15, -0.1) is 0 Å². The van der Waals surface area contributed by atoms with Gasteiger partial charge in [-0.1, -0.05) is 11.6 Å². The monoisotopic (exact) mass is 257 g/mol. The Morgan fingerprint density at radius 2 is 2.47 bits per heavy atom. The van der Waals surface area contributed by atoms with Crippen molar-refractivity contribution in [2.24, 2.45) is 5.92 Å². The van der Waals surface area contributed by atoms with Gasteiger partial charge in [0.05, 0.1) is 5.02 Å². The molecule has 0 spiro atoms. The number of piperidine rings is 1. The van der Waals surface area contributed by atoms with Crippen LogP contribution in [-0.4, -0.2) is 31.7 Å². The molecule has 1 aromatic heterocycles. The molecule has 0 bridgehead atoms. The van der Waals surface area contributed by atoms with Gasteiger partial charge in [0.1, 0.15) is 0 Å². The van der Waals surface area contributed by atoms with Crippen LogP contribution in [0.1, 0.15) is 12.8 Å². The molecule has 0 amide bonds. The minimum atomic E-state index is -0.358. The van der Waals surface area contributed by atoms with E-state index in [1.54, 1.807) is 0 Å². The lowest BCUT2D eigenvalue weighted by Gasteiger charge is -2.28. The van der Waals surface area contributed by atoms with Gasteiger partial charge in [-0.3, -0.25) is 0 Å². The van der Waals surface area contributed by atoms with Crippen LogP contribution < -0.4 is 10.2 Å². The summed E-state index contributed by atoms with van der Waals surface area (Å²) >= 11 is 5.68. The first-order valence-electron chi connectivity index (χ1n) is 5.89. The lowest BCUT2D eigenvalue weighted by molar-refractivity contribution is 0.379. The molecule has 2 rings (SSSR count). The highest BCUT2D eigenvalue weighted by Gasteiger charge is 2.17. The van der Waals surface area contributed by atoms with Crippen LogP contribution in [0.25, 0.3) is 0 Å². The lowest BCUT2D eigenvalue weighted by Crippen LogP contribution is -2.37. The van der Waals surface area contributed by atoms with E-state index < -0.39 is 0 Å². The Morgan fingerprint density at radius 1 is 1.65 bits per heavy atom. The summed E-state index contributed by atoms with van der Waals surface area (Å²) in [4.78, 5) is 5.91. The average molecular weight is 258 g/mol. The Kier molecular flexibility index (Phi) is 4.18. The topological polar surface area (TPSA) is 28.2 Å². The number of halogens is 2. The van der Waals surface area contributed by atoms with Crippen LogP contribution in [-0.2, 0) is 0 Å². The number of nitrogens with zero attached hydrogens (tertiary/aromatic N) is 2. The highest BCUT2D eigenvalue weighted by molar-refractivity contribution is 6.30. The Bertz CT molecular complexity index is 380. The Morgan fingerprint density at radius 3 is 3.12 bits per heavy atom. The maximum atomic E-state index is 13.7. The molecule has 0 saturated carbocycles. The number of hydrogen-bond donors (Lipinski definition) is 1. The van der Waals surface area contributed by atoms with Gasteiger partial charge in [0.15, 0.2) is 11.6 Å². The predicted octanol–water partition coefficient (Wildman–Crippen LogP) is 2.31. The summed E-state index contributed by atoms with van der Waals surface area (Å²) in [6.45, 7) is 2.91. The third-order valence-electron chi connectivity index (χ3n) is 3.08. The van der Waals surface area contributed by atoms with Crippen molar-refractivity contribution in [2.45, 2.75) is 12.8 Å². The highest BCUT2D eigenvalue weighted by atomic mass is 35.5. The molecule has 1 aliphatic rings. The van der Waals surface area contributed by atoms with Crippen LogP contribution in [0.3, 0.4) is 0 Å². The van der Waals surface area contributed by atoms with Crippen molar-refractivity contribution in [2.75, 3.05) is 31.6 Å². The molecule has 1 unspecified atom stereocenters. The molecule has 5 heteroatoms. The van der Waals surface area contributed by atoms with Crippen molar-refractivity contribution < 1.29 is 4.39 Å². The fourth-order valence-electron chi connectivity index (χ4n) is 2.24. The second-order valence-corrected chi connectivity index (χ2v) is 4.99. The first-order chi connectivity index (χ1) is 8.16. The van der Waals surface area contributed by atoms with Crippen LogP contribution >= 0.6 is 11.6 Å². The minimum Gasteiger partial charge on any atom is -0.357 e. The molecule has 1 aromatic rings. The SMILES string of the molecule is CN(CC1CCCNC1)c1ncc(Cl)cc1F. The van der Waals surface area contributed by atoms with E-state index in [2.05, 4.69) is 10.3 Å². The Labute approximate surface area is 106 Å². The quantitative estimate of drug-likeness (QED) is 0.901. The zero-order chi connectivity index (χ0) is 12.3. The molecular formula is C12H17ClFN3. The molecule has 1 aliphatic heterocycles. The van der Waals surface area contributed by atoms with Gasteiger partial charge >= 0.3 is 0 Å². The van der Waals surface area contributed by atoms with Crippen molar-refractivity contribution in [1.29, 1.82) is 0 Å².